The highest BCUT2D eigenvalue weighted by Crippen LogP contribution is 2.24. The minimum Gasteiger partial charge on any atom is -0.494 e. The first kappa shape index (κ1) is 16.1. The van der Waals surface area contributed by atoms with Crippen molar-refractivity contribution in [2.24, 2.45) is 0 Å². The second-order valence-electron chi connectivity index (χ2n) is 5.17. The zero-order chi connectivity index (χ0) is 16.8. The number of nitriles is 1. The second kappa shape index (κ2) is 7.70. The summed E-state index contributed by atoms with van der Waals surface area (Å²) in [7, 11) is 0. The summed E-state index contributed by atoms with van der Waals surface area (Å²) in [6.45, 7) is 5.32. The van der Waals surface area contributed by atoms with Gasteiger partial charge in [0.05, 0.1) is 19.8 Å². The molecular formula is C17H19N3O4. The third-order valence-electron chi connectivity index (χ3n) is 3.55. The van der Waals surface area contributed by atoms with Crippen molar-refractivity contribution in [2.45, 2.75) is 13.5 Å². The van der Waals surface area contributed by atoms with Crippen LogP contribution in [0.2, 0.25) is 0 Å². The molecule has 2 heterocycles. The molecule has 7 nitrogen and oxygen atoms in total. The first-order chi connectivity index (χ1) is 11.8. The van der Waals surface area contributed by atoms with E-state index in [0.717, 1.165) is 5.75 Å². The lowest BCUT2D eigenvalue weighted by molar-refractivity contribution is 0.120. The highest BCUT2D eigenvalue weighted by Gasteiger charge is 2.21. The van der Waals surface area contributed by atoms with Crippen LogP contribution in [0.25, 0.3) is 0 Å². The Hall–Kier alpha value is -2.72. The molecule has 0 spiro atoms. The minimum absolute atomic E-state index is 0.160. The molecule has 126 valence electrons. The standard InChI is InChI=1S/C17H19N3O4/c1-2-22-13-3-5-14(6-4-13)23-12-16-19-15(11-18)17(24-16)20-7-9-21-10-8-20/h3-6H,2,7-10,12H2,1H3. The summed E-state index contributed by atoms with van der Waals surface area (Å²) in [4.78, 5) is 6.17. The SMILES string of the molecule is CCOc1ccc(OCc2nc(C#N)c(N3CCOCC3)o2)cc1. The van der Waals surface area contributed by atoms with Crippen LogP contribution in [0.5, 0.6) is 11.5 Å². The van der Waals surface area contributed by atoms with E-state index < -0.39 is 0 Å². The molecule has 1 aromatic carbocycles. The van der Waals surface area contributed by atoms with Crippen molar-refractivity contribution in [3.05, 3.63) is 35.9 Å². The Morgan fingerprint density at radius 3 is 2.46 bits per heavy atom. The maximum atomic E-state index is 9.24. The Morgan fingerprint density at radius 1 is 1.17 bits per heavy atom. The second-order valence-corrected chi connectivity index (χ2v) is 5.17. The van der Waals surface area contributed by atoms with Gasteiger partial charge in [-0.15, -0.1) is 0 Å². The van der Waals surface area contributed by atoms with E-state index in [0.29, 0.717) is 50.4 Å². The number of aromatic nitrogens is 1. The van der Waals surface area contributed by atoms with E-state index >= 15 is 0 Å². The van der Waals surface area contributed by atoms with E-state index in [4.69, 9.17) is 18.6 Å². The molecule has 0 saturated carbocycles. The van der Waals surface area contributed by atoms with Crippen molar-refractivity contribution in [1.82, 2.24) is 4.98 Å². The number of morpholine rings is 1. The smallest absolute Gasteiger partial charge is 0.236 e. The van der Waals surface area contributed by atoms with E-state index in [-0.39, 0.29) is 12.3 Å². The lowest BCUT2D eigenvalue weighted by atomic mass is 10.3. The molecule has 2 aromatic rings. The maximum absolute atomic E-state index is 9.24. The fourth-order valence-electron chi connectivity index (χ4n) is 2.41. The molecule has 1 aromatic heterocycles. The normalized spacial score (nSPS) is 14.2. The van der Waals surface area contributed by atoms with Crippen molar-refractivity contribution >= 4 is 5.88 Å². The van der Waals surface area contributed by atoms with E-state index in [2.05, 4.69) is 11.1 Å². The molecule has 0 N–H and O–H groups in total. The van der Waals surface area contributed by atoms with Gasteiger partial charge in [-0.25, -0.2) is 0 Å². The summed E-state index contributed by atoms with van der Waals surface area (Å²) < 4.78 is 22.1. The minimum atomic E-state index is 0.160. The summed E-state index contributed by atoms with van der Waals surface area (Å²) in [6.07, 6.45) is 0. The van der Waals surface area contributed by atoms with Gasteiger partial charge >= 0.3 is 0 Å². The molecule has 0 atom stereocenters. The van der Waals surface area contributed by atoms with E-state index in [1.165, 1.54) is 0 Å². The number of oxazole rings is 1. The Kier molecular flexibility index (Phi) is 5.18. The topological polar surface area (TPSA) is 80.8 Å². The van der Waals surface area contributed by atoms with Gasteiger partial charge in [-0.05, 0) is 31.2 Å². The van der Waals surface area contributed by atoms with Crippen LogP contribution in [0.15, 0.2) is 28.7 Å². The van der Waals surface area contributed by atoms with Gasteiger partial charge in [0.15, 0.2) is 6.61 Å². The monoisotopic (exact) mass is 329 g/mol. The molecule has 3 rings (SSSR count). The number of nitrogens with zero attached hydrogens (tertiary/aromatic N) is 3. The predicted molar refractivity (Wildman–Crippen MR) is 86.2 cm³/mol. The van der Waals surface area contributed by atoms with Crippen molar-refractivity contribution in [1.29, 1.82) is 5.26 Å². The molecule has 0 radical (unpaired) electrons. The molecule has 1 fully saturated rings. The molecule has 0 bridgehead atoms. The van der Waals surface area contributed by atoms with E-state index in [9.17, 15) is 5.26 Å². The van der Waals surface area contributed by atoms with Gasteiger partial charge < -0.3 is 23.5 Å². The third kappa shape index (κ3) is 3.78. The highest BCUT2D eigenvalue weighted by atomic mass is 16.5. The quantitative estimate of drug-likeness (QED) is 0.804. The fraction of sp³-hybridized carbons (Fsp3) is 0.412. The molecule has 7 heteroatoms. The van der Waals surface area contributed by atoms with Crippen LogP contribution in [0.3, 0.4) is 0 Å². The van der Waals surface area contributed by atoms with Crippen molar-refractivity contribution < 1.29 is 18.6 Å². The number of rotatable bonds is 6. The van der Waals surface area contributed by atoms with Gasteiger partial charge in [-0.2, -0.15) is 10.2 Å². The lowest BCUT2D eigenvalue weighted by Crippen LogP contribution is -2.36. The van der Waals surface area contributed by atoms with Gasteiger partial charge in [0.25, 0.3) is 0 Å². The molecule has 24 heavy (non-hydrogen) atoms. The Morgan fingerprint density at radius 2 is 1.83 bits per heavy atom. The summed E-state index contributed by atoms with van der Waals surface area (Å²) in [5.74, 6) is 2.35. The summed E-state index contributed by atoms with van der Waals surface area (Å²) in [5, 5.41) is 9.24. The first-order valence-corrected chi connectivity index (χ1v) is 7.88. The van der Waals surface area contributed by atoms with Gasteiger partial charge in [0, 0.05) is 13.1 Å². The molecule has 0 amide bonds. The summed E-state index contributed by atoms with van der Waals surface area (Å²) >= 11 is 0. The average Bonchev–Trinajstić information content (AvgIpc) is 3.05. The van der Waals surface area contributed by atoms with Gasteiger partial charge in [-0.1, -0.05) is 0 Å². The maximum Gasteiger partial charge on any atom is 0.236 e. The van der Waals surface area contributed by atoms with Crippen LogP contribution in [0.4, 0.5) is 5.88 Å². The van der Waals surface area contributed by atoms with E-state index in [1.54, 1.807) is 0 Å². The summed E-state index contributed by atoms with van der Waals surface area (Å²) in [6, 6.07) is 9.40. The summed E-state index contributed by atoms with van der Waals surface area (Å²) in [5.41, 5.74) is 0.280. The molecule has 1 saturated heterocycles. The largest absolute Gasteiger partial charge is 0.494 e. The lowest BCUT2D eigenvalue weighted by Gasteiger charge is -2.25. The van der Waals surface area contributed by atoms with Crippen LogP contribution < -0.4 is 14.4 Å². The molecule has 0 aliphatic carbocycles. The Balaban J connectivity index is 1.64. The Labute approximate surface area is 140 Å². The van der Waals surface area contributed by atoms with Gasteiger partial charge in [0.2, 0.25) is 17.5 Å². The Bertz CT molecular complexity index is 700. The van der Waals surface area contributed by atoms with Crippen LogP contribution in [-0.2, 0) is 11.3 Å². The highest BCUT2D eigenvalue weighted by molar-refractivity contribution is 5.48. The van der Waals surface area contributed by atoms with E-state index in [1.807, 2.05) is 36.1 Å². The van der Waals surface area contributed by atoms with Crippen molar-refractivity contribution in [2.75, 3.05) is 37.8 Å². The zero-order valence-corrected chi connectivity index (χ0v) is 13.5. The number of anilines is 1. The number of hydrogen-bond acceptors (Lipinski definition) is 7. The van der Waals surface area contributed by atoms with Crippen LogP contribution >= 0.6 is 0 Å². The average molecular weight is 329 g/mol. The molecule has 1 aliphatic rings. The van der Waals surface area contributed by atoms with Crippen LogP contribution in [0.1, 0.15) is 18.5 Å². The van der Waals surface area contributed by atoms with Crippen molar-refractivity contribution in [3.8, 4) is 17.6 Å². The van der Waals surface area contributed by atoms with Crippen LogP contribution in [0, 0.1) is 11.3 Å². The predicted octanol–water partition coefficient (Wildman–Crippen LogP) is 2.36. The van der Waals surface area contributed by atoms with Gasteiger partial charge in [0.1, 0.15) is 17.6 Å². The first-order valence-electron chi connectivity index (χ1n) is 7.88. The zero-order valence-electron chi connectivity index (χ0n) is 13.5. The molecule has 0 unspecified atom stereocenters. The molecular weight excluding hydrogens is 310 g/mol. The van der Waals surface area contributed by atoms with Crippen LogP contribution in [-0.4, -0.2) is 37.9 Å². The van der Waals surface area contributed by atoms with Crippen molar-refractivity contribution in [3.63, 3.8) is 0 Å². The number of benzene rings is 1. The number of ether oxygens (including phenoxy) is 3. The third-order valence-corrected chi connectivity index (χ3v) is 3.55. The number of hydrogen-bond donors (Lipinski definition) is 0. The van der Waals surface area contributed by atoms with Gasteiger partial charge in [-0.3, -0.25) is 0 Å². The molecule has 1 aliphatic heterocycles. The fourth-order valence-corrected chi connectivity index (χ4v) is 2.41.